The molecular weight excluding hydrogens is 294 g/mol. The Hall–Kier alpha value is -0.790. The van der Waals surface area contributed by atoms with E-state index in [-0.39, 0.29) is 11.4 Å². The summed E-state index contributed by atoms with van der Waals surface area (Å²) >= 11 is 0. The Morgan fingerprint density at radius 1 is 1.04 bits per heavy atom. The van der Waals surface area contributed by atoms with Crippen LogP contribution in [0.2, 0.25) is 0 Å². The molecule has 6 bridgehead atoms. The van der Waals surface area contributed by atoms with E-state index in [1.807, 2.05) is 0 Å². The van der Waals surface area contributed by atoms with Crippen LogP contribution in [0.5, 0.6) is 0 Å². The lowest BCUT2D eigenvalue weighted by molar-refractivity contribution is -0.155. The van der Waals surface area contributed by atoms with Gasteiger partial charge in [0.15, 0.2) is 0 Å². The van der Waals surface area contributed by atoms with E-state index in [0.717, 1.165) is 41.4 Å². The maximum atomic E-state index is 12.5. The quantitative estimate of drug-likeness (QED) is 0.757. The third kappa shape index (κ3) is 1.92. The number of hydrogen-bond acceptors (Lipinski definition) is 1. The van der Waals surface area contributed by atoms with E-state index in [0.29, 0.717) is 5.41 Å². The molecule has 6 fully saturated rings. The summed E-state index contributed by atoms with van der Waals surface area (Å²) in [5.74, 6) is 5.89. The van der Waals surface area contributed by atoms with Gasteiger partial charge in [-0.2, -0.15) is 0 Å². The fourth-order valence-electron chi connectivity index (χ4n) is 8.75. The number of nitrogens with one attached hydrogen (secondary N) is 1. The molecule has 132 valence electrons. The van der Waals surface area contributed by atoms with Crippen LogP contribution in [-0.4, -0.2) is 11.4 Å². The lowest BCUT2D eigenvalue weighted by Gasteiger charge is -2.67. The fraction of sp³-hybridized carbons (Fsp3) is 0.864. The van der Waals surface area contributed by atoms with Crippen molar-refractivity contribution in [3.05, 3.63) is 12.7 Å². The molecule has 0 heterocycles. The molecular formula is C22H33NO. The largest absolute Gasteiger partial charge is 0.346 e. The number of hydrogen-bond donors (Lipinski definition) is 1. The topological polar surface area (TPSA) is 29.1 Å². The zero-order chi connectivity index (χ0) is 16.7. The molecule has 1 N–H and O–H groups in total. The third-order valence-corrected chi connectivity index (χ3v) is 9.20. The first kappa shape index (κ1) is 15.5. The Bertz CT molecular complexity index is 563. The van der Waals surface area contributed by atoms with Crippen molar-refractivity contribution in [2.75, 3.05) is 0 Å². The van der Waals surface area contributed by atoms with Crippen LogP contribution in [0, 0.1) is 46.8 Å². The highest BCUT2D eigenvalue weighted by Gasteiger charge is 2.66. The van der Waals surface area contributed by atoms with Gasteiger partial charge in [-0.25, -0.2) is 0 Å². The molecule has 0 aromatic rings. The summed E-state index contributed by atoms with van der Waals surface area (Å²) in [4.78, 5) is 12.5. The van der Waals surface area contributed by atoms with Gasteiger partial charge in [0.1, 0.15) is 0 Å². The van der Waals surface area contributed by atoms with Gasteiger partial charge >= 0.3 is 0 Å². The maximum Gasteiger partial charge on any atom is 0.243 e. The smallest absolute Gasteiger partial charge is 0.243 e. The molecule has 2 heteroatoms. The molecule has 0 aromatic heterocycles. The molecule has 0 aliphatic heterocycles. The Morgan fingerprint density at radius 2 is 1.75 bits per heavy atom. The first-order valence-corrected chi connectivity index (χ1v) is 10.4. The first-order valence-electron chi connectivity index (χ1n) is 10.4. The van der Waals surface area contributed by atoms with Gasteiger partial charge < -0.3 is 5.32 Å². The van der Waals surface area contributed by atoms with Crippen molar-refractivity contribution in [1.29, 1.82) is 0 Å². The first-order chi connectivity index (χ1) is 11.4. The number of carbonyl (C=O) groups is 1. The fourth-order valence-corrected chi connectivity index (χ4v) is 8.75. The molecule has 2 nitrogen and oxygen atoms in total. The average molecular weight is 328 g/mol. The average Bonchev–Trinajstić information content (AvgIpc) is 3.08. The summed E-state index contributed by atoms with van der Waals surface area (Å²) in [6.45, 7) is 8.74. The van der Waals surface area contributed by atoms with Crippen LogP contribution in [0.25, 0.3) is 0 Å². The number of fused-ring (bicyclic) bond motifs is 2. The van der Waals surface area contributed by atoms with Gasteiger partial charge in [-0.05, 0) is 104 Å². The summed E-state index contributed by atoms with van der Waals surface area (Å²) in [6, 6.07) is 0. The van der Waals surface area contributed by atoms with Crippen LogP contribution in [0.1, 0.15) is 65.2 Å². The minimum atomic E-state index is 0.0865. The Balaban J connectivity index is 1.54. The normalized spacial score (nSPS) is 57.3. The Morgan fingerprint density at radius 3 is 2.25 bits per heavy atom. The van der Waals surface area contributed by atoms with E-state index in [4.69, 9.17) is 0 Å². The van der Waals surface area contributed by atoms with Gasteiger partial charge in [0.25, 0.3) is 0 Å². The molecule has 6 saturated carbocycles. The van der Waals surface area contributed by atoms with Crippen molar-refractivity contribution in [2.24, 2.45) is 46.8 Å². The second kappa shape index (κ2) is 4.89. The van der Waals surface area contributed by atoms with Crippen molar-refractivity contribution in [1.82, 2.24) is 5.32 Å². The van der Waals surface area contributed by atoms with Crippen LogP contribution in [0.3, 0.4) is 0 Å². The van der Waals surface area contributed by atoms with E-state index in [9.17, 15) is 4.79 Å². The van der Waals surface area contributed by atoms with Crippen molar-refractivity contribution < 1.29 is 4.79 Å². The molecule has 0 aromatic carbocycles. The third-order valence-electron chi connectivity index (χ3n) is 9.20. The number of carbonyl (C=O) groups excluding carboxylic acids is 1. The van der Waals surface area contributed by atoms with Crippen LogP contribution < -0.4 is 5.32 Å². The summed E-state index contributed by atoms with van der Waals surface area (Å²) < 4.78 is 0. The minimum absolute atomic E-state index is 0.0865. The monoisotopic (exact) mass is 327 g/mol. The molecule has 0 saturated heterocycles. The van der Waals surface area contributed by atoms with E-state index in [1.54, 1.807) is 0 Å². The van der Waals surface area contributed by atoms with Gasteiger partial charge in [0, 0.05) is 5.54 Å². The molecule has 0 spiro atoms. The standard InChI is InChI=1S/C22H33NO/c1-4-20(24)23-22(19-9-15-8-16(19)5-13(15)2)17-6-14-7-18(22)12-21(3,10-14)11-17/h4,13-19H,1,5-12H2,2-3H3,(H,23,24). The number of amides is 1. The van der Waals surface area contributed by atoms with Gasteiger partial charge in [-0.1, -0.05) is 20.4 Å². The van der Waals surface area contributed by atoms with Gasteiger partial charge in [-0.3, -0.25) is 4.79 Å². The summed E-state index contributed by atoms with van der Waals surface area (Å²) in [7, 11) is 0. The van der Waals surface area contributed by atoms with E-state index in [2.05, 4.69) is 25.7 Å². The van der Waals surface area contributed by atoms with Crippen LogP contribution in [0.15, 0.2) is 12.7 Å². The van der Waals surface area contributed by atoms with Crippen LogP contribution >= 0.6 is 0 Å². The zero-order valence-electron chi connectivity index (χ0n) is 15.4. The van der Waals surface area contributed by atoms with Crippen molar-refractivity contribution in [3.63, 3.8) is 0 Å². The van der Waals surface area contributed by atoms with E-state index >= 15 is 0 Å². The van der Waals surface area contributed by atoms with Crippen LogP contribution in [0.4, 0.5) is 0 Å². The molecule has 24 heavy (non-hydrogen) atoms. The van der Waals surface area contributed by atoms with E-state index in [1.165, 1.54) is 57.4 Å². The maximum absolute atomic E-state index is 12.5. The predicted molar refractivity (Wildman–Crippen MR) is 96.2 cm³/mol. The Kier molecular flexibility index (Phi) is 3.15. The van der Waals surface area contributed by atoms with Gasteiger partial charge in [-0.15, -0.1) is 0 Å². The highest BCUT2D eigenvalue weighted by molar-refractivity contribution is 5.87. The molecule has 6 atom stereocenters. The molecule has 6 unspecified atom stereocenters. The molecule has 6 aliphatic rings. The molecule has 6 aliphatic carbocycles. The number of rotatable bonds is 3. The second-order valence-electron chi connectivity index (χ2n) is 10.6. The summed E-state index contributed by atoms with van der Waals surface area (Å²) in [5.41, 5.74) is 0.658. The second-order valence-corrected chi connectivity index (χ2v) is 10.6. The zero-order valence-corrected chi connectivity index (χ0v) is 15.4. The van der Waals surface area contributed by atoms with E-state index < -0.39 is 0 Å². The Labute approximate surface area is 146 Å². The summed E-state index contributed by atoms with van der Waals surface area (Å²) in [6.07, 6.45) is 12.6. The molecule has 1 amide bonds. The molecule has 0 radical (unpaired) electrons. The SMILES string of the molecule is C=CC(=O)NC1(C2CC3CC2CC3C)C2CC3CC1CC(C)(C3)C2. The van der Waals surface area contributed by atoms with Gasteiger partial charge in [0.2, 0.25) is 5.91 Å². The van der Waals surface area contributed by atoms with Gasteiger partial charge in [0.05, 0.1) is 0 Å². The summed E-state index contributed by atoms with van der Waals surface area (Å²) in [5, 5.41) is 3.63. The lowest BCUT2D eigenvalue weighted by Crippen LogP contribution is -2.71. The van der Waals surface area contributed by atoms with Crippen molar-refractivity contribution >= 4 is 5.91 Å². The highest BCUT2D eigenvalue weighted by atomic mass is 16.1. The lowest BCUT2D eigenvalue weighted by atomic mass is 9.41. The minimum Gasteiger partial charge on any atom is -0.346 e. The van der Waals surface area contributed by atoms with Crippen LogP contribution in [-0.2, 0) is 4.79 Å². The van der Waals surface area contributed by atoms with Crippen molar-refractivity contribution in [3.8, 4) is 0 Å². The predicted octanol–water partition coefficient (Wildman–Crippen LogP) is 4.56. The van der Waals surface area contributed by atoms with Crippen molar-refractivity contribution in [2.45, 2.75) is 70.8 Å². The molecule has 6 rings (SSSR count). The highest BCUT2D eigenvalue weighted by Crippen LogP contribution is 2.69.